The zero-order valence-electron chi connectivity index (χ0n) is 8.66. The molecule has 0 bridgehead atoms. The molecule has 2 aromatic rings. The minimum absolute atomic E-state index is 0.00507. The third kappa shape index (κ3) is 3.12. The molecule has 0 saturated carbocycles. The Morgan fingerprint density at radius 2 is 2.06 bits per heavy atom. The lowest BCUT2D eigenvalue weighted by molar-refractivity contribution is 0.174. The molecule has 0 radical (unpaired) electrons. The average Bonchev–Trinajstić information content (AvgIpc) is 2.67. The second-order valence-corrected chi connectivity index (χ2v) is 5.53. The van der Waals surface area contributed by atoms with Crippen molar-refractivity contribution in [3.8, 4) is 0 Å². The lowest BCUT2D eigenvalue weighted by atomic mass is 10.1. The zero-order chi connectivity index (χ0) is 12.4. The number of hydrogen-bond donors (Lipinski definition) is 1. The van der Waals surface area contributed by atoms with Crippen molar-refractivity contribution in [1.82, 2.24) is 0 Å². The fraction of sp³-hybridized carbons (Fsp3) is 0.167. The molecule has 0 saturated heterocycles. The molecule has 5 heteroatoms. The van der Waals surface area contributed by atoms with E-state index in [0.29, 0.717) is 0 Å². The molecule has 90 valence electrons. The highest BCUT2D eigenvalue weighted by Crippen LogP contribution is 2.27. The highest BCUT2D eigenvalue weighted by molar-refractivity contribution is 9.10. The van der Waals surface area contributed by atoms with Gasteiger partial charge in [-0.05, 0) is 40.2 Å². The van der Waals surface area contributed by atoms with Crippen molar-refractivity contribution >= 4 is 27.3 Å². The Kier molecular flexibility index (Phi) is 3.91. The number of hydrogen-bond acceptors (Lipinski definition) is 2. The molecule has 17 heavy (non-hydrogen) atoms. The number of halogens is 3. The van der Waals surface area contributed by atoms with Gasteiger partial charge in [0.2, 0.25) is 0 Å². The van der Waals surface area contributed by atoms with E-state index in [2.05, 4.69) is 15.9 Å². The smallest absolute Gasteiger partial charge is 0.129 e. The van der Waals surface area contributed by atoms with Crippen molar-refractivity contribution < 1.29 is 13.9 Å². The second kappa shape index (κ2) is 5.25. The molecule has 0 spiro atoms. The van der Waals surface area contributed by atoms with Gasteiger partial charge in [0.15, 0.2) is 0 Å². The van der Waals surface area contributed by atoms with Gasteiger partial charge in [0.05, 0.1) is 6.10 Å². The van der Waals surface area contributed by atoms with E-state index < -0.39 is 17.7 Å². The number of rotatable bonds is 3. The van der Waals surface area contributed by atoms with Crippen LogP contribution in [0.5, 0.6) is 0 Å². The minimum Gasteiger partial charge on any atom is -0.388 e. The van der Waals surface area contributed by atoms with Gasteiger partial charge in [0.1, 0.15) is 11.6 Å². The van der Waals surface area contributed by atoms with Gasteiger partial charge in [0, 0.05) is 26.7 Å². The average molecular weight is 319 g/mol. The van der Waals surface area contributed by atoms with Crippen LogP contribution in [0.15, 0.2) is 34.1 Å². The summed E-state index contributed by atoms with van der Waals surface area (Å²) in [7, 11) is 0. The summed E-state index contributed by atoms with van der Waals surface area (Å²) in [6, 6.07) is 4.94. The lowest BCUT2D eigenvalue weighted by Gasteiger charge is -2.10. The molecule has 1 aromatic heterocycles. The van der Waals surface area contributed by atoms with Crippen molar-refractivity contribution in [3.05, 3.63) is 56.2 Å². The molecule has 1 atom stereocenters. The molecule has 1 unspecified atom stereocenters. The summed E-state index contributed by atoms with van der Waals surface area (Å²) < 4.78 is 27.3. The van der Waals surface area contributed by atoms with Crippen molar-refractivity contribution in [3.63, 3.8) is 0 Å². The molecule has 0 fully saturated rings. The Labute approximate surface area is 110 Å². The Balaban J connectivity index is 2.19. The van der Waals surface area contributed by atoms with E-state index in [9.17, 15) is 13.9 Å². The van der Waals surface area contributed by atoms with Gasteiger partial charge in [-0.1, -0.05) is 0 Å². The summed E-state index contributed by atoms with van der Waals surface area (Å²) in [5, 5.41) is 11.8. The third-order valence-corrected chi connectivity index (χ3v) is 4.05. The molecule has 0 amide bonds. The first kappa shape index (κ1) is 12.7. The first-order valence-electron chi connectivity index (χ1n) is 4.92. The van der Waals surface area contributed by atoms with Crippen LogP contribution in [0.2, 0.25) is 0 Å². The maximum atomic E-state index is 13.4. The van der Waals surface area contributed by atoms with Crippen LogP contribution >= 0.6 is 27.3 Å². The first-order chi connectivity index (χ1) is 8.06. The van der Waals surface area contributed by atoms with Crippen LogP contribution in [0.4, 0.5) is 8.78 Å². The molecule has 1 aromatic carbocycles. The van der Waals surface area contributed by atoms with Crippen LogP contribution in [-0.4, -0.2) is 5.11 Å². The Morgan fingerprint density at radius 3 is 2.71 bits per heavy atom. The van der Waals surface area contributed by atoms with Crippen molar-refractivity contribution in [2.75, 3.05) is 0 Å². The molecule has 1 N–H and O–H groups in total. The molecular weight excluding hydrogens is 310 g/mol. The van der Waals surface area contributed by atoms with Crippen LogP contribution in [-0.2, 0) is 6.42 Å². The van der Waals surface area contributed by atoms with E-state index in [1.807, 2.05) is 11.4 Å². The van der Waals surface area contributed by atoms with Gasteiger partial charge in [-0.2, -0.15) is 0 Å². The summed E-state index contributed by atoms with van der Waals surface area (Å²) in [6.45, 7) is 0. The molecule has 0 aliphatic heterocycles. The Morgan fingerprint density at radius 1 is 1.29 bits per heavy atom. The zero-order valence-corrected chi connectivity index (χ0v) is 11.1. The van der Waals surface area contributed by atoms with Crippen LogP contribution in [0.25, 0.3) is 0 Å². The van der Waals surface area contributed by atoms with Crippen LogP contribution < -0.4 is 0 Å². The number of benzene rings is 1. The van der Waals surface area contributed by atoms with E-state index in [1.54, 1.807) is 0 Å². The van der Waals surface area contributed by atoms with Gasteiger partial charge >= 0.3 is 0 Å². The number of thiophene rings is 1. The number of aliphatic hydroxyl groups excluding tert-OH is 1. The SMILES string of the molecule is OC(Cc1cc(Br)cs1)c1cc(F)ccc1F. The maximum absolute atomic E-state index is 13.4. The summed E-state index contributed by atoms with van der Waals surface area (Å²) in [5.41, 5.74) is -0.00507. The Hall–Kier alpha value is -0.780. The van der Waals surface area contributed by atoms with Crippen LogP contribution in [0.3, 0.4) is 0 Å². The van der Waals surface area contributed by atoms with Crippen LogP contribution in [0, 0.1) is 11.6 Å². The van der Waals surface area contributed by atoms with E-state index in [1.165, 1.54) is 11.3 Å². The fourth-order valence-electron chi connectivity index (χ4n) is 1.53. The standard InChI is InChI=1S/C12H9BrF2OS/c13-7-3-9(17-6-7)5-12(16)10-4-8(14)1-2-11(10)15/h1-4,6,12,16H,5H2. The van der Waals surface area contributed by atoms with Gasteiger partial charge in [-0.3, -0.25) is 0 Å². The predicted molar refractivity (Wildman–Crippen MR) is 67.0 cm³/mol. The normalized spacial score (nSPS) is 12.7. The van der Waals surface area contributed by atoms with E-state index >= 15 is 0 Å². The third-order valence-electron chi connectivity index (χ3n) is 2.33. The highest BCUT2D eigenvalue weighted by atomic mass is 79.9. The monoisotopic (exact) mass is 318 g/mol. The van der Waals surface area contributed by atoms with Gasteiger partial charge in [0.25, 0.3) is 0 Å². The molecule has 2 rings (SSSR count). The molecule has 0 aliphatic rings. The van der Waals surface area contributed by atoms with Gasteiger partial charge in [-0.25, -0.2) is 8.78 Å². The van der Waals surface area contributed by atoms with Crippen LogP contribution in [0.1, 0.15) is 16.5 Å². The minimum atomic E-state index is -1.03. The molecule has 0 aliphatic carbocycles. The van der Waals surface area contributed by atoms with Gasteiger partial charge < -0.3 is 5.11 Å². The van der Waals surface area contributed by atoms with Gasteiger partial charge in [-0.15, -0.1) is 11.3 Å². The largest absolute Gasteiger partial charge is 0.388 e. The second-order valence-electron chi connectivity index (χ2n) is 3.62. The summed E-state index contributed by atoms with van der Waals surface area (Å²) in [5.74, 6) is -1.14. The topological polar surface area (TPSA) is 20.2 Å². The number of aliphatic hydroxyl groups is 1. The van der Waals surface area contributed by atoms with E-state index in [-0.39, 0.29) is 12.0 Å². The quantitative estimate of drug-likeness (QED) is 0.904. The summed E-state index contributed by atoms with van der Waals surface area (Å²) in [6.07, 6.45) is -0.757. The predicted octanol–water partition coefficient (Wildman–Crippen LogP) is 4.06. The van der Waals surface area contributed by atoms with E-state index in [0.717, 1.165) is 27.5 Å². The van der Waals surface area contributed by atoms with Crippen molar-refractivity contribution in [2.45, 2.75) is 12.5 Å². The Bertz CT molecular complexity index is 527. The van der Waals surface area contributed by atoms with Crippen molar-refractivity contribution in [1.29, 1.82) is 0 Å². The summed E-state index contributed by atoms with van der Waals surface area (Å²) >= 11 is 4.76. The first-order valence-corrected chi connectivity index (χ1v) is 6.59. The molecular formula is C12H9BrF2OS. The summed E-state index contributed by atoms with van der Waals surface area (Å²) in [4.78, 5) is 0.910. The lowest BCUT2D eigenvalue weighted by Crippen LogP contribution is -2.04. The van der Waals surface area contributed by atoms with E-state index in [4.69, 9.17) is 0 Å². The molecule has 1 nitrogen and oxygen atoms in total. The maximum Gasteiger partial charge on any atom is 0.129 e. The van der Waals surface area contributed by atoms with Crippen molar-refractivity contribution in [2.24, 2.45) is 0 Å². The fourth-order valence-corrected chi connectivity index (χ4v) is 3.02. The molecule has 1 heterocycles. The highest BCUT2D eigenvalue weighted by Gasteiger charge is 2.15.